The van der Waals surface area contributed by atoms with E-state index in [0.717, 1.165) is 6.42 Å². The minimum atomic E-state index is -0.825. The van der Waals surface area contributed by atoms with Crippen molar-refractivity contribution < 1.29 is 14.2 Å². The maximum Gasteiger partial charge on any atom is 0.123 e. The van der Waals surface area contributed by atoms with Gasteiger partial charge in [-0.05, 0) is 43.0 Å². The van der Waals surface area contributed by atoms with E-state index in [9.17, 15) is 9.50 Å². The largest absolute Gasteiger partial charge is 0.389 e. The summed E-state index contributed by atoms with van der Waals surface area (Å²) in [6.45, 7) is 1.22. The zero-order valence-corrected chi connectivity index (χ0v) is 10.3. The monoisotopic (exact) mass is 258 g/mol. The molecule has 4 heteroatoms. The van der Waals surface area contributed by atoms with Gasteiger partial charge in [0.25, 0.3) is 0 Å². The predicted octanol–water partition coefficient (Wildman–Crippen LogP) is 2.95. The molecule has 1 unspecified atom stereocenters. The van der Waals surface area contributed by atoms with Gasteiger partial charge in [-0.1, -0.05) is 11.6 Å². The van der Waals surface area contributed by atoms with Crippen molar-refractivity contribution in [2.45, 2.75) is 31.3 Å². The normalized spacial score (nSPS) is 25.6. The summed E-state index contributed by atoms with van der Waals surface area (Å²) in [4.78, 5) is 0. The van der Waals surface area contributed by atoms with E-state index in [4.69, 9.17) is 16.3 Å². The molecule has 1 N–H and O–H groups in total. The lowest BCUT2D eigenvalue weighted by Gasteiger charge is -2.26. The van der Waals surface area contributed by atoms with Crippen LogP contribution >= 0.6 is 11.6 Å². The predicted molar refractivity (Wildman–Crippen MR) is 64.7 cm³/mol. The molecule has 17 heavy (non-hydrogen) atoms. The molecular formula is C13H16ClFO2. The van der Waals surface area contributed by atoms with Crippen LogP contribution in [0.3, 0.4) is 0 Å². The van der Waals surface area contributed by atoms with Crippen molar-refractivity contribution in [3.8, 4) is 0 Å². The number of rotatable bonds is 2. The van der Waals surface area contributed by atoms with E-state index in [-0.39, 0.29) is 5.82 Å². The fourth-order valence-corrected chi connectivity index (χ4v) is 2.39. The van der Waals surface area contributed by atoms with Gasteiger partial charge in [-0.25, -0.2) is 4.39 Å². The van der Waals surface area contributed by atoms with Gasteiger partial charge in [0, 0.05) is 24.7 Å². The van der Waals surface area contributed by atoms with Crippen molar-refractivity contribution in [2.75, 3.05) is 13.2 Å². The van der Waals surface area contributed by atoms with E-state index in [2.05, 4.69) is 0 Å². The van der Waals surface area contributed by atoms with Crippen LogP contribution in [0, 0.1) is 5.82 Å². The lowest BCUT2D eigenvalue weighted by molar-refractivity contribution is 0.0188. The number of benzene rings is 1. The molecule has 1 aliphatic rings. The third-order valence-electron chi connectivity index (χ3n) is 3.17. The second-order valence-electron chi connectivity index (χ2n) is 4.60. The molecule has 1 aromatic rings. The van der Waals surface area contributed by atoms with E-state index >= 15 is 0 Å². The molecule has 1 heterocycles. The number of hydrogen-bond acceptors (Lipinski definition) is 2. The number of hydrogen-bond donors (Lipinski definition) is 1. The Kier molecular flexibility index (Phi) is 4.02. The smallest absolute Gasteiger partial charge is 0.123 e. The number of halogens is 2. The molecule has 1 fully saturated rings. The Morgan fingerprint density at radius 1 is 1.35 bits per heavy atom. The molecule has 0 saturated carbocycles. The minimum absolute atomic E-state index is 0.321. The van der Waals surface area contributed by atoms with Crippen molar-refractivity contribution in [1.82, 2.24) is 0 Å². The van der Waals surface area contributed by atoms with Crippen molar-refractivity contribution in [2.24, 2.45) is 0 Å². The second-order valence-corrected chi connectivity index (χ2v) is 5.01. The van der Waals surface area contributed by atoms with Gasteiger partial charge >= 0.3 is 0 Å². The molecule has 0 amide bonds. The summed E-state index contributed by atoms with van der Waals surface area (Å²) >= 11 is 6.01. The zero-order chi connectivity index (χ0) is 12.3. The highest BCUT2D eigenvalue weighted by Gasteiger charge is 2.29. The number of aliphatic hydroxyl groups is 1. The van der Waals surface area contributed by atoms with Crippen LogP contribution in [0.5, 0.6) is 0 Å². The maximum atomic E-state index is 13.1. The zero-order valence-electron chi connectivity index (χ0n) is 9.59. The summed E-state index contributed by atoms with van der Waals surface area (Å²) in [6.07, 6.45) is 2.44. The van der Waals surface area contributed by atoms with Gasteiger partial charge in [0.05, 0.1) is 5.60 Å². The van der Waals surface area contributed by atoms with Crippen molar-refractivity contribution in [3.63, 3.8) is 0 Å². The number of ether oxygens (including phenoxy) is 1. The van der Waals surface area contributed by atoms with E-state index in [1.165, 1.54) is 18.2 Å². The van der Waals surface area contributed by atoms with E-state index in [1.54, 1.807) is 0 Å². The second kappa shape index (κ2) is 5.34. The SMILES string of the molecule is OC1(Cc2cc(F)ccc2Cl)CCCOCC1. The highest BCUT2D eigenvalue weighted by atomic mass is 35.5. The van der Waals surface area contributed by atoms with Gasteiger partial charge < -0.3 is 9.84 Å². The van der Waals surface area contributed by atoms with E-state index in [0.29, 0.717) is 43.1 Å². The van der Waals surface area contributed by atoms with Crippen LogP contribution in [0.15, 0.2) is 18.2 Å². The van der Waals surface area contributed by atoms with E-state index < -0.39 is 5.60 Å². The molecule has 1 saturated heterocycles. The lowest BCUT2D eigenvalue weighted by atomic mass is 9.88. The molecule has 2 nitrogen and oxygen atoms in total. The van der Waals surface area contributed by atoms with Gasteiger partial charge in [-0.15, -0.1) is 0 Å². The topological polar surface area (TPSA) is 29.5 Å². The summed E-state index contributed by atoms with van der Waals surface area (Å²) in [5, 5.41) is 11.0. The molecule has 2 rings (SSSR count). The molecule has 1 aliphatic heterocycles. The highest BCUT2D eigenvalue weighted by Crippen LogP contribution is 2.29. The van der Waals surface area contributed by atoms with Crippen LogP contribution < -0.4 is 0 Å². The average Bonchev–Trinajstić information content (AvgIpc) is 2.49. The lowest BCUT2D eigenvalue weighted by Crippen LogP contribution is -2.31. The van der Waals surface area contributed by atoms with Crippen molar-refractivity contribution in [3.05, 3.63) is 34.6 Å². The van der Waals surface area contributed by atoms with Gasteiger partial charge in [0.15, 0.2) is 0 Å². The Labute approximate surface area is 105 Å². The fourth-order valence-electron chi connectivity index (χ4n) is 2.20. The Hall–Kier alpha value is -0.640. The Morgan fingerprint density at radius 3 is 3.00 bits per heavy atom. The van der Waals surface area contributed by atoms with Crippen molar-refractivity contribution in [1.29, 1.82) is 0 Å². The molecule has 0 aromatic heterocycles. The summed E-state index contributed by atoms with van der Waals surface area (Å²) in [7, 11) is 0. The third-order valence-corrected chi connectivity index (χ3v) is 3.54. The highest BCUT2D eigenvalue weighted by molar-refractivity contribution is 6.31. The summed E-state index contributed by atoms with van der Waals surface area (Å²) in [5.74, 6) is -0.321. The first-order chi connectivity index (χ1) is 8.09. The Balaban J connectivity index is 2.15. The molecule has 1 atom stereocenters. The van der Waals surface area contributed by atoms with Gasteiger partial charge in [-0.2, -0.15) is 0 Å². The van der Waals surface area contributed by atoms with Crippen LogP contribution in [0.25, 0.3) is 0 Å². The average molecular weight is 259 g/mol. The molecule has 0 aliphatic carbocycles. The summed E-state index contributed by atoms with van der Waals surface area (Å²) in [6, 6.07) is 4.25. The van der Waals surface area contributed by atoms with Crippen molar-refractivity contribution >= 4 is 11.6 Å². The fraction of sp³-hybridized carbons (Fsp3) is 0.538. The Bertz CT molecular complexity index is 387. The Morgan fingerprint density at radius 2 is 2.18 bits per heavy atom. The summed E-state index contributed by atoms with van der Waals surface area (Å²) < 4.78 is 18.5. The maximum absolute atomic E-state index is 13.1. The quantitative estimate of drug-likeness (QED) is 0.884. The standard InChI is InChI=1S/C13H16ClFO2/c14-12-3-2-11(15)8-10(12)9-13(16)4-1-6-17-7-5-13/h2-3,8,16H,1,4-7,9H2. The van der Waals surface area contributed by atoms with Crippen LogP contribution in [0.2, 0.25) is 5.02 Å². The van der Waals surface area contributed by atoms with Crippen LogP contribution in [-0.2, 0) is 11.2 Å². The molecule has 0 spiro atoms. The first-order valence-electron chi connectivity index (χ1n) is 5.83. The first-order valence-corrected chi connectivity index (χ1v) is 6.21. The molecule has 0 bridgehead atoms. The van der Waals surface area contributed by atoms with Crippen LogP contribution in [-0.4, -0.2) is 23.9 Å². The molecule has 94 valence electrons. The minimum Gasteiger partial charge on any atom is -0.389 e. The van der Waals surface area contributed by atoms with Crippen LogP contribution in [0.4, 0.5) is 4.39 Å². The van der Waals surface area contributed by atoms with E-state index in [1.807, 2.05) is 0 Å². The molecule has 0 radical (unpaired) electrons. The summed E-state index contributed by atoms with van der Waals surface area (Å²) in [5.41, 5.74) is -0.162. The van der Waals surface area contributed by atoms with Gasteiger partial charge in [0.1, 0.15) is 5.82 Å². The van der Waals surface area contributed by atoms with Gasteiger partial charge in [-0.3, -0.25) is 0 Å². The van der Waals surface area contributed by atoms with Gasteiger partial charge in [0.2, 0.25) is 0 Å². The third kappa shape index (κ3) is 3.41. The molecular weight excluding hydrogens is 243 g/mol. The molecule has 1 aromatic carbocycles. The first kappa shape index (κ1) is 12.8. The van der Waals surface area contributed by atoms with Crippen LogP contribution in [0.1, 0.15) is 24.8 Å².